The van der Waals surface area contributed by atoms with E-state index < -0.39 is 0 Å². The molecule has 1 fully saturated rings. The van der Waals surface area contributed by atoms with E-state index in [1.54, 1.807) is 0 Å². The molecule has 0 saturated heterocycles. The molecule has 0 unspecified atom stereocenters. The van der Waals surface area contributed by atoms with Crippen molar-refractivity contribution < 1.29 is 4.79 Å². The fourth-order valence-electron chi connectivity index (χ4n) is 2.01. The standard InChI is InChI=1S/C13H21BrN4O/c1-3-18-11(12(14)9(2)17-18)8-15-6-7-16-13(19)10-4-5-10/h10,15H,3-8H2,1-2H3,(H,16,19). The summed E-state index contributed by atoms with van der Waals surface area (Å²) in [6, 6.07) is 0. The number of hydrogen-bond donors (Lipinski definition) is 2. The zero-order chi connectivity index (χ0) is 13.8. The SMILES string of the molecule is CCn1nc(C)c(Br)c1CNCCNC(=O)C1CC1. The van der Waals surface area contributed by atoms with Crippen molar-refractivity contribution in [2.24, 2.45) is 5.92 Å². The molecule has 1 aromatic heterocycles. The summed E-state index contributed by atoms with van der Waals surface area (Å²) in [5.74, 6) is 0.496. The summed E-state index contributed by atoms with van der Waals surface area (Å²) in [5, 5.41) is 10.7. The van der Waals surface area contributed by atoms with Crippen molar-refractivity contribution in [3.63, 3.8) is 0 Å². The molecule has 0 aliphatic heterocycles. The summed E-state index contributed by atoms with van der Waals surface area (Å²) in [7, 11) is 0. The highest BCUT2D eigenvalue weighted by Crippen LogP contribution is 2.28. The van der Waals surface area contributed by atoms with Crippen LogP contribution in [0.4, 0.5) is 0 Å². The zero-order valence-electron chi connectivity index (χ0n) is 11.5. The van der Waals surface area contributed by atoms with E-state index in [1.165, 1.54) is 0 Å². The smallest absolute Gasteiger partial charge is 0.223 e. The molecular weight excluding hydrogens is 308 g/mol. The van der Waals surface area contributed by atoms with Gasteiger partial charge in [0.2, 0.25) is 5.91 Å². The third kappa shape index (κ3) is 3.79. The van der Waals surface area contributed by atoms with Gasteiger partial charge in [0, 0.05) is 32.1 Å². The van der Waals surface area contributed by atoms with Crippen LogP contribution in [0.25, 0.3) is 0 Å². The lowest BCUT2D eigenvalue weighted by Gasteiger charge is -2.08. The Labute approximate surface area is 122 Å². The highest BCUT2D eigenvalue weighted by atomic mass is 79.9. The maximum absolute atomic E-state index is 11.4. The Balaban J connectivity index is 1.71. The average Bonchev–Trinajstić information content (AvgIpc) is 3.20. The van der Waals surface area contributed by atoms with Gasteiger partial charge in [0.15, 0.2) is 0 Å². The lowest BCUT2D eigenvalue weighted by molar-refractivity contribution is -0.122. The predicted octanol–water partition coefficient (Wildman–Crippen LogP) is 1.59. The summed E-state index contributed by atoms with van der Waals surface area (Å²) in [6.07, 6.45) is 2.11. The van der Waals surface area contributed by atoms with Crippen LogP contribution in [0.15, 0.2) is 4.47 Å². The minimum atomic E-state index is 0.206. The van der Waals surface area contributed by atoms with E-state index in [4.69, 9.17) is 0 Å². The topological polar surface area (TPSA) is 59.0 Å². The number of aryl methyl sites for hydroxylation is 2. The van der Waals surface area contributed by atoms with Gasteiger partial charge in [-0.15, -0.1) is 0 Å². The zero-order valence-corrected chi connectivity index (χ0v) is 13.1. The number of carbonyl (C=O) groups is 1. The van der Waals surface area contributed by atoms with Crippen LogP contribution in [-0.2, 0) is 17.9 Å². The van der Waals surface area contributed by atoms with Crippen LogP contribution < -0.4 is 10.6 Å². The Morgan fingerprint density at radius 3 is 2.84 bits per heavy atom. The third-order valence-corrected chi connectivity index (χ3v) is 4.33. The molecule has 0 atom stereocenters. The summed E-state index contributed by atoms with van der Waals surface area (Å²) in [6.45, 7) is 7.16. The van der Waals surface area contributed by atoms with Gasteiger partial charge in [0.05, 0.1) is 15.9 Å². The number of aromatic nitrogens is 2. The van der Waals surface area contributed by atoms with Gasteiger partial charge in [0.25, 0.3) is 0 Å². The van der Waals surface area contributed by atoms with Crippen LogP contribution in [0.5, 0.6) is 0 Å². The van der Waals surface area contributed by atoms with E-state index in [0.29, 0.717) is 12.5 Å². The van der Waals surface area contributed by atoms with Gasteiger partial charge in [-0.05, 0) is 42.6 Å². The monoisotopic (exact) mass is 328 g/mol. The van der Waals surface area contributed by atoms with Crippen LogP contribution in [0.3, 0.4) is 0 Å². The lowest BCUT2D eigenvalue weighted by Crippen LogP contribution is -2.32. The summed E-state index contributed by atoms with van der Waals surface area (Å²) in [4.78, 5) is 11.4. The fraction of sp³-hybridized carbons (Fsp3) is 0.692. The van der Waals surface area contributed by atoms with E-state index in [2.05, 4.69) is 38.6 Å². The quantitative estimate of drug-likeness (QED) is 0.747. The normalized spacial score (nSPS) is 14.7. The number of hydrogen-bond acceptors (Lipinski definition) is 3. The highest BCUT2D eigenvalue weighted by molar-refractivity contribution is 9.10. The van der Waals surface area contributed by atoms with Gasteiger partial charge in [-0.25, -0.2) is 0 Å². The van der Waals surface area contributed by atoms with Crippen LogP contribution in [0.1, 0.15) is 31.2 Å². The van der Waals surface area contributed by atoms with E-state index in [0.717, 1.165) is 48.3 Å². The molecule has 1 amide bonds. The van der Waals surface area contributed by atoms with Crippen molar-refractivity contribution in [3.05, 3.63) is 15.9 Å². The average molecular weight is 329 g/mol. The van der Waals surface area contributed by atoms with Crippen molar-refractivity contribution in [1.29, 1.82) is 0 Å². The molecule has 5 nitrogen and oxygen atoms in total. The minimum Gasteiger partial charge on any atom is -0.355 e. The minimum absolute atomic E-state index is 0.206. The van der Waals surface area contributed by atoms with E-state index in [1.807, 2.05) is 11.6 Å². The molecule has 1 aliphatic carbocycles. The first-order chi connectivity index (χ1) is 9.13. The Morgan fingerprint density at radius 2 is 2.21 bits per heavy atom. The molecule has 0 bridgehead atoms. The predicted molar refractivity (Wildman–Crippen MR) is 77.8 cm³/mol. The number of nitrogens with one attached hydrogen (secondary N) is 2. The maximum atomic E-state index is 11.4. The van der Waals surface area contributed by atoms with E-state index >= 15 is 0 Å². The second kappa shape index (κ2) is 6.52. The molecule has 2 N–H and O–H groups in total. The number of carbonyl (C=O) groups excluding carboxylic acids is 1. The number of rotatable bonds is 7. The van der Waals surface area contributed by atoms with Gasteiger partial charge >= 0.3 is 0 Å². The molecule has 106 valence electrons. The first-order valence-corrected chi connectivity index (χ1v) is 7.63. The molecule has 1 heterocycles. The first-order valence-electron chi connectivity index (χ1n) is 6.83. The lowest BCUT2D eigenvalue weighted by atomic mass is 10.3. The second-order valence-corrected chi connectivity index (χ2v) is 5.70. The van der Waals surface area contributed by atoms with Crippen LogP contribution >= 0.6 is 15.9 Å². The molecule has 6 heteroatoms. The Morgan fingerprint density at radius 1 is 1.47 bits per heavy atom. The van der Waals surface area contributed by atoms with Crippen molar-refractivity contribution in [3.8, 4) is 0 Å². The fourth-order valence-corrected chi connectivity index (χ4v) is 2.43. The van der Waals surface area contributed by atoms with Crippen molar-refractivity contribution in [2.45, 2.75) is 39.8 Å². The number of nitrogens with zero attached hydrogens (tertiary/aromatic N) is 2. The van der Waals surface area contributed by atoms with Gasteiger partial charge in [-0.2, -0.15) is 5.10 Å². The first kappa shape index (κ1) is 14.5. The van der Waals surface area contributed by atoms with Crippen LogP contribution in [0, 0.1) is 12.8 Å². The van der Waals surface area contributed by atoms with Crippen molar-refractivity contribution in [1.82, 2.24) is 20.4 Å². The molecule has 0 radical (unpaired) electrons. The second-order valence-electron chi connectivity index (χ2n) is 4.90. The molecule has 2 rings (SSSR count). The van der Waals surface area contributed by atoms with E-state index in [-0.39, 0.29) is 5.91 Å². The van der Waals surface area contributed by atoms with Gasteiger partial charge in [0.1, 0.15) is 0 Å². The van der Waals surface area contributed by atoms with Gasteiger partial charge < -0.3 is 10.6 Å². The molecule has 1 saturated carbocycles. The van der Waals surface area contributed by atoms with E-state index in [9.17, 15) is 4.79 Å². The number of halogens is 1. The van der Waals surface area contributed by atoms with Crippen LogP contribution in [-0.4, -0.2) is 28.8 Å². The molecular formula is C13H21BrN4O. The van der Waals surface area contributed by atoms with Gasteiger partial charge in [-0.3, -0.25) is 9.48 Å². The van der Waals surface area contributed by atoms with Crippen molar-refractivity contribution in [2.75, 3.05) is 13.1 Å². The number of amides is 1. The Bertz CT molecular complexity index is 454. The summed E-state index contributed by atoms with van der Waals surface area (Å²) < 4.78 is 3.07. The Kier molecular flexibility index (Phi) is 4.99. The molecule has 19 heavy (non-hydrogen) atoms. The third-order valence-electron chi connectivity index (χ3n) is 3.29. The maximum Gasteiger partial charge on any atom is 0.223 e. The Hall–Kier alpha value is -0.880. The summed E-state index contributed by atoms with van der Waals surface area (Å²) >= 11 is 3.57. The molecule has 0 spiro atoms. The summed E-state index contributed by atoms with van der Waals surface area (Å²) in [5.41, 5.74) is 2.18. The van der Waals surface area contributed by atoms with Crippen molar-refractivity contribution >= 4 is 21.8 Å². The molecule has 1 aromatic rings. The van der Waals surface area contributed by atoms with Gasteiger partial charge in [-0.1, -0.05) is 0 Å². The molecule has 1 aliphatic rings. The van der Waals surface area contributed by atoms with Crippen LogP contribution in [0.2, 0.25) is 0 Å². The highest BCUT2D eigenvalue weighted by Gasteiger charge is 2.28. The largest absolute Gasteiger partial charge is 0.355 e. The molecule has 0 aromatic carbocycles.